The highest BCUT2D eigenvalue weighted by atomic mass is 16.5. The van der Waals surface area contributed by atoms with Crippen molar-refractivity contribution in [1.29, 1.82) is 0 Å². The summed E-state index contributed by atoms with van der Waals surface area (Å²) in [5.41, 5.74) is 9.76. The maximum absolute atomic E-state index is 6.23. The van der Waals surface area contributed by atoms with Crippen LogP contribution in [-0.4, -0.2) is 6.10 Å². The molecule has 0 heterocycles. The van der Waals surface area contributed by atoms with E-state index in [1.807, 2.05) is 25.1 Å². The third kappa shape index (κ3) is 3.91. The molecule has 0 aliphatic rings. The Labute approximate surface area is 115 Å². The van der Waals surface area contributed by atoms with Crippen molar-refractivity contribution >= 4 is 0 Å². The van der Waals surface area contributed by atoms with Crippen LogP contribution < -0.4 is 5.73 Å². The van der Waals surface area contributed by atoms with Crippen LogP contribution in [0.3, 0.4) is 0 Å². The first-order chi connectivity index (χ1) is 9.16. The van der Waals surface area contributed by atoms with E-state index in [4.69, 9.17) is 10.5 Å². The molecule has 2 aromatic carbocycles. The number of aryl methyl sites for hydroxylation is 1. The van der Waals surface area contributed by atoms with E-state index < -0.39 is 0 Å². The van der Waals surface area contributed by atoms with Gasteiger partial charge in [0.05, 0.1) is 18.8 Å². The molecule has 0 aromatic heterocycles. The molecule has 0 bridgehead atoms. The van der Waals surface area contributed by atoms with Gasteiger partial charge in [0.25, 0.3) is 0 Å². The molecule has 0 fully saturated rings. The Kier molecular flexibility index (Phi) is 4.72. The molecule has 2 rings (SSSR count). The van der Waals surface area contributed by atoms with E-state index in [1.54, 1.807) is 0 Å². The zero-order valence-corrected chi connectivity index (χ0v) is 11.5. The van der Waals surface area contributed by atoms with Gasteiger partial charge in [0, 0.05) is 0 Å². The van der Waals surface area contributed by atoms with Gasteiger partial charge in [-0.1, -0.05) is 60.2 Å². The number of hydrogen-bond acceptors (Lipinski definition) is 2. The fourth-order valence-electron chi connectivity index (χ4n) is 1.97. The van der Waals surface area contributed by atoms with E-state index in [0.29, 0.717) is 6.61 Å². The molecule has 2 atom stereocenters. The Balaban J connectivity index is 1.92. The first kappa shape index (κ1) is 13.8. The quantitative estimate of drug-likeness (QED) is 0.886. The standard InChI is InChI=1S/C17H21NO/c1-13-8-10-16(11-9-13)17(18)14(2)19-12-15-6-4-3-5-7-15/h3-11,14,17H,12,18H2,1-2H3. The van der Waals surface area contributed by atoms with Gasteiger partial charge in [-0.05, 0) is 25.0 Å². The summed E-state index contributed by atoms with van der Waals surface area (Å²) in [6.07, 6.45) is -0.0112. The summed E-state index contributed by atoms with van der Waals surface area (Å²) in [6, 6.07) is 18.4. The number of benzene rings is 2. The SMILES string of the molecule is Cc1ccc(C(N)C(C)OCc2ccccc2)cc1. The highest BCUT2D eigenvalue weighted by molar-refractivity contribution is 5.24. The van der Waals surface area contributed by atoms with Crippen LogP contribution in [0.1, 0.15) is 29.7 Å². The van der Waals surface area contributed by atoms with E-state index in [-0.39, 0.29) is 12.1 Å². The second kappa shape index (κ2) is 6.50. The molecule has 0 aliphatic carbocycles. The van der Waals surface area contributed by atoms with Crippen molar-refractivity contribution in [3.8, 4) is 0 Å². The van der Waals surface area contributed by atoms with Crippen molar-refractivity contribution < 1.29 is 4.74 Å². The van der Waals surface area contributed by atoms with Crippen molar-refractivity contribution in [2.75, 3.05) is 0 Å². The molecular weight excluding hydrogens is 234 g/mol. The third-order valence-corrected chi connectivity index (χ3v) is 3.32. The summed E-state index contributed by atoms with van der Waals surface area (Å²) in [7, 11) is 0. The van der Waals surface area contributed by atoms with Gasteiger partial charge in [-0.15, -0.1) is 0 Å². The molecule has 0 saturated carbocycles. The molecule has 2 N–H and O–H groups in total. The van der Waals surface area contributed by atoms with E-state index in [1.165, 1.54) is 11.1 Å². The maximum atomic E-state index is 6.23. The fraction of sp³-hybridized carbons (Fsp3) is 0.294. The van der Waals surface area contributed by atoms with Gasteiger partial charge in [-0.3, -0.25) is 0 Å². The summed E-state index contributed by atoms with van der Waals surface area (Å²) in [6.45, 7) is 4.69. The largest absolute Gasteiger partial charge is 0.372 e. The number of hydrogen-bond donors (Lipinski definition) is 1. The first-order valence-electron chi connectivity index (χ1n) is 6.64. The predicted octanol–water partition coefficient (Wildman–Crippen LogP) is 3.60. The van der Waals surface area contributed by atoms with Gasteiger partial charge in [0.1, 0.15) is 0 Å². The summed E-state index contributed by atoms with van der Waals surface area (Å²) < 4.78 is 5.85. The van der Waals surface area contributed by atoms with Crippen LogP contribution in [-0.2, 0) is 11.3 Å². The normalized spacial score (nSPS) is 14.1. The minimum atomic E-state index is -0.0932. The lowest BCUT2D eigenvalue weighted by Gasteiger charge is -2.21. The summed E-state index contributed by atoms with van der Waals surface area (Å²) in [5.74, 6) is 0. The highest BCUT2D eigenvalue weighted by Crippen LogP contribution is 2.18. The molecule has 2 unspecified atom stereocenters. The zero-order chi connectivity index (χ0) is 13.7. The fourth-order valence-corrected chi connectivity index (χ4v) is 1.97. The monoisotopic (exact) mass is 255 g/mol. The molecule has 2 aromatic rings. The van der Waals surface area contributed by atoms with E-state index in [0.717, 1.165) is 5.56 Å². The van der Waals surface area contributed by atoms with Crippen LogP contribution in [0, 0.1) is 6.92 Å². The number of ether oxygens (including phenoxy) is 1. The molecule has 2 nitrogen and oxygen atoms in total. The van der Waals surface area contributed by atoms with Crippen LogP contribution in [0.25, 0.3) is 0 Å². The van der Waals surface area contributed by atoms with Crippen LogP contribution in [0.5, 0.6) is 0 Å². The summed E-state index contributed by atoms with van der Waals surface area (Å²) in [4.78, 5) is 0. The molecule has 19 heavy (non-hydrogen) atoms. The van der Waals surface area contributed by atoms with Crippen molar-refractivity contribution in [1.82, 2.24) is 0 Å². The van der Waals surface area contributed by atoms with Gasteiger partial charge in [0.15, 0.2) is 0 Å². The zero-order valence-electron chi connectivity index (χ0n) is 11.5. The topological polar surface area (TPSA) is 35.2 Å². The molecule has 0 saturated heterocycles. The maximum Gasteiger partial charge on any atom is 0.0744 e. The average molecular weight is 255 g/mol. The van der Waals surface area contributed by atoms with Crippen LogP contribution in [0.15, 0.2) is 54.6 Å². The number of rotatable bonds is 5. The molecule has 2 heteroatoms. The lowest BCUT2D eigenvalue weighted by molar-refractivity contribution is 0.0357. The van der Waals surface area contributed by atoms with E-state index in [9.17, 15) is 0 Å². The van der Waals surface area contributed by atoms with Gasteiger partial charge >= 0.3 is 0 Å². The van der Waals surface area contributed by atoms with Crippen LogP contribution in [0.2, 0.25) is 0 Å². The Morgan fingerprint density at radius 1 is 1.00 bits per heavy atom. The molecule has 0 radical (unpaired) electrons. The van der Waals surface area contributed by atoms with Crippen molar-refractivity contribution in [3.05, 3.63) is 71.3 Å². The van der Waals surface area contributed by atoms with Crippen LogP contribution >= 0.6 is 0 Å². The molecule has 0 spiro atoms. The Morgan fingerprint density at radius 2 is 1.63 bits per heavy atom. The predicted molar refractivity (Wildman–Crippen MR) is 78.8 cm³/mol. The average Bonchev–Trinajstić information content (AvgIpc) is 2.46. The lowest BCUT2D eigenvalue weighted by Crippen LogP contribution is -2.26. The first-order valence-corrected chi connectivity index (χ1v) is 6.64. The van der Waals surface area contributed by atoms with Gasteiger partial charge in [-0.2, -0.15) is 0 Å². The highest BCUT2D eigenvalue weighted by Gasteiger charge is 2.15. The summed E-state index contributed by atoms with van der Waals surface area (Å²) >= 11 is 0. The molecule has 0 amide bonds. The van der Waals surface area contributed by atoms with Crippen LogP contribution in [0.4, 0.5) is 0 Å². The van der Waals surface area contributed by atoms with E-state index >= 15 is 0 Å². The van der Waals surface area contributed by atoms with E-state index in [2.05, 4.69) is 43.3 Å². The minimum absolute atomic E-state index is 0.0112. The smallest absolute Gasteiger partial charge is 0.0744 e. The van der Waals surface area contributed by atoms with Crippen molar-refractivity contribution in [2.45, 2.75) is 32.6 Å². The van der Waals surface area contributed by atoms with Gasteiger partial charge < -0.3 is 10.5 Å². The summed E-state index contributed by atoms with van der Waals surface area (Å²) in [5, 5.41) is 0. The second-order valence-corrected chi connectivity index (χ2v) is 4.94. The van der Waals surface area contributed by atoms with Gasteiger partial charge in [0.2, 0.25) is 0 Å². The molecule has 100 valence electrons. The van der Waals surface area contributed by atoms with Gasteiger partial charge in [-0.25, -0.2) is 0 Å². The Hall–Kier alpha value is -1.64. The molecule has 0 aliphatic heterocycles. The second-order valence-electron chi connectivity index (χ2n) is 4.94. The lowest BCUT2D eigenvalue weighted by atomic mass is 10.0. The third-order valence-electron chi connectivity index (χ3n) is 3.32. The Bertz CT molecular complexity index is 492. The number of nitrogens with two attached hydrogens (primary N) is 1. The Morgan fingerprint density at radius 3 is 2.26 bits per heavy atom. The molecular formula is C17H21NO. The van der Waals surface area contributed by atoms with Crippen molar-refractivity contribution in [3.63, 3.8) is 0 Å². The minimum Gasteiger partial charge on any atom is -0.372 e. The van der Waals surface area contributed by atoms with Crippen molar-refractivity contribution in [2.24, 2.45) is 5.73 Å².